The molecule has 2 unspecified atom stereocenters. The fraction of sp³-hybridized carbons (Fsp3) is 0.714. The molecule has 2 aliphatic rings. The van der Waals surface area contributed by atoms with Crippen LogP contribution in [0.25, 0.3) is 0 Å². The minimum absolute atomic E-state index is 0.318. The average molecular weight is 311 g/mol. The van der Waals surface area contributed by atoms with E-state index in [1.165, 1.54) is 5.56 Å². The molecule has 1 aromatic heterocycles. The molecule has 3 rings (SSSR count). The van der Waals surface area contributed by atoms with Crippen molar-refractivity contribution in [1.82, 2.24) is 9.97 Å². The largest absolute Gasteiger partial charge is 0.340 e. The number of aromatic nitrogens is 2. The third-order valence-corrected chi connectivity index (χ3v) is 4.92. The van der Waals surface area contributed by atoms with Gasteiger partial charge < -0.3 is 4.90 Å². The van der Waals surface area contributed by atoms with Gasteiger partial charge in [-0.25, -0.2) is 9.97 Å². The number of hydrogen-bond donors (Lipinski definition) is 0. The van der Waals surface area contributed by atoms with Crippen molar-refractivity contribution in [3.8, 4) is 0 Å². The highest BCUT2D eigenvalue weighted by Gasteiger charge is 2.56. The second-order valence-corrected chi connectivity index (χ2v) is 7.67. The molecule has 21 heavy (non-hydrogen) atoms. The van der Waals surface area contributed by atoms with Gasteiger partial charge in [-0.1, -0.05) is 13.3 Å². The average Bonchev–Trinajstić information content (AvgIpc) is 2.88. The molecular formula is C14H21N3O3S. The first-order chi connectivity index (χ1) is 9.98. The van der Waals surface area contributed by atoms with E-state index >= 15 is 0 Å². The predicted molar refractivity (Wildman–Crippen MR) is 79.5 cm³/mol. The summed E-state index contributed by atoms with van der Waals surface area (Å²) in [7, 11) is -3.32. The molecule has 7 heteroatoms. The fourth-order valence-electron chi connectivity index (χ4n) is 3.19. The highest BCUT2D eigenvalue weighted by Crippen LogP contribution is 2.52. The van der Waals surface area contributed by atoms with Crippen LogP contribution in [0.5, 0.6) is 0 Å². The zero-order valence-corrected chi connectivity index (χ0v) is 13.2. The van der Waals surface area contributed by atoms with Crippen molar-refractivity contribution in [2.45, 2.75) is 19.8 Å². The third kappa shape index (κ3) is 3.35. The van der Waals surface area contributed by atoms with Crippen molar-refractivity contribution >= 4 is 16.1 Å². The van der Waals surface area contributed by atoms with E-state index in [4.69, 9.17) is 4.18 Å². The molecule has 1 aliphatic heterocycles. The van der Waals surface area contributed by atoms with E-state index in [1.54, 1.807) is 0 Å². The van der Waals surface area contributed by atoms with Crippen LogP contribution in [0.4, 0.5) is 5.95 Å². The van der Waals surface area contributed by atoms with E-state index in [0.29, 0.717) is 24.4 Å². The maximum absolute atomic E-state index is 11.0. The van der Waals surface area contributed by atoms with Crippen molar-refractivity contribution in [3.05, 3.63) is 18.0 Å². The van der Waals surface area contributed by atoms with Crippen molar-refractivity contribution < 1.29 is 12.6 Å². The summed E-state index contributed by atoms with van der Waals surface area (Å²) < 4.78 is 26.9. The van der Waals surface area contributed by atoms with Crippen molar-refractivity contribution in [3.63, 3.8) is 0 Å². The molecule has 2 atom stereocenters. The summed E-state index contributed by atoms with van der Waals surface area (Å²) in [5.41, 5.74) is 1.17. The standard InChI is InChI=1S/C14H21N3O3S/c1-3-4-10-5-15-14(16-6-10)17-7-11-12(8-17)13(11)9-20-21(2,18)19/h5-6,11-13H,3-4,7-9H2,1-2H3. The number of rotatable bonds is 6. The molecule has 2 heterocycles. The molecule has 0 aromatic carbocycles. The highest BCUT2D eigenvalue weighted by atomic mass is 32.2. The van der Waals surface area contributed by atoms with Gasteiger partial charge in [-0.3, -0.25) is 4.18 Å². The summed E-state index contributed by atoms with van der Waals surface area (Å²) in [5.74, 6) is 2.19. The highest BCUT2D eigenvalue weighted by molar-refractivity contribution is 7.85. The van der Waals surface area contributed by atoms with E-state index in [1.807, 2.05) is 12.4 Å². The summed E-state index contributed by atoms with van der Waals surface area (Å²) in [6.45, 7) is 4.25. The second-order valence-electron chi connectivity index (χ2n) is 6.03. The van der Waals surface area contributed by atoms with Crippen LogP contribution in [0.2, 0.25) is 0 Å². The van der Waals surface area contributed by atoms with Crippen molar-refractivity contribution in [1.29, 1.82) is 0 Å². The molecule has 1 saturated heterocycles. The number of nitrogens with zero attached hydrogens (tertiary/aromatic N) is 3. The first-order valence-corrected chi connectivity index (χ1v) is 9.20. The first kappa shape index (κ1) is 14.7. The van der Waals surface area contributed by atoms with Gasteiger partial charge in [-0.2, -0.15) is 8.42 Å². The molecule has 0 spiro atoms. The second kappa shape index (κ2) is 5.53. The minimum atomic E-state index is -3.32. The minimum Gasteiger partial charge on any atom is -0.340 e. The molecule has 1 aliphatic carbocycles. The zero-order valence-electron chi connectivity index (χ0n) is 12.4. The predicted octanol–water partition coefficient (Wildman–Crippen LogP) is 1.09. The Morgan fingerprint density at radius 3 is 2.43 bits per heavy atom. The number of aryl methyl sites for hydroxylation is 1. The van der Waals surface area contributed by atoms with Gasteiger partial charge in [0.15, 0.2) is 0 Å². The Labute approximate surface area is 125 Å². The van der Waals surface area contributed by atoms with Crippen LogP contribution in [0.1, 0.15) is 18.9 Å². The number of piperidine rings is 1. The molecule has 0 bridgehead atoms. The fourth-order valence-corrected chi connectivity index (χ4v) is 3.60. The first-order valence-electron chi connectivity index (χ1n) is 7.38. The Bertz CT molecular complexity index is 590. The lowest BCUT2D eigenvalue weighted by Crippen LogP contribution is -2.27. The van der Waals surface area contributed by atoms with Crippen LogP contribution >= 0.6 is 0 Å². The number of fused-ring (bicyclic) bond motifs is 1. The Morgan fingerprint density at radius 2 is 1.90 bits per heavy atom. The van der Waals surface area contributed by atoms with Crippen LogP contribution in [-0.2, 0) is 20.7 Å². The Kier molecular flexibility index (Phi) is 3.88. The summed E-state index contributed by atoms with van der Waals surface area (Å²) in [5, 5.41) is 0. The normalized spacial score (nSPS) is 27.7. The lowest BCUT2D eigenvalue weighted by Gasteiger charge is -2.19. The summed E-state index contributed by atoms with van der Waals surface area (Å²) in [6.07, 6.45) is 7.01. The van der Waals surface area contributed by atoms with Crippen LogP contribution in [0.3, 0.4) is 0 Å². The lowest BCUT2D eigenvalue weighted by molar-refractivity contribution is 0.289. The van der Waals surface area contributed by atoms with Gasteiger partial charge >= 0.3 is 0 Å². The van der Waals surface area contributed by atoms with Gasteiger partial charge in [-0.05, 0) is 29.7 Å². The smallest absolute Gasteiger partial charge is 0.264 e. The van der Waals surface area contributed by atoms with Gasteiger partial charge in [0, 0.05) is 25.5 Å². The summed E-state index contributed by atoms with van der Waals surface area (Å²) in [6, 6.07) is 0. The van der Waals surface area contributed by atoms with E-state index < -0.39 is 10.1 Å². The van der Waals surface area contributed by atoms with Gasteiger partial charge in [0.1, 0.15) is 0 Å². The summed E-state index contributed by atoms with van der Waals surface area (Å²) >= 11 is 0. The Balaban J connectivity index is 1.52. The Morgan fingerprint density at radius 1 is 1.29 bits per heavy atom. The third-order valence-electron chi connectivity index (χ3n) is 4.36. The monoisotopic (exact) mass is 311 g/mol. The zero-order chi connectivity index (χ0) is 15.0. The molecular weight excluding hydrogens is 290 g/mol. The molecule has 1 saturated carbocycles. The van der Waals surface area contributed by atoms with Crippen LogP contribution in [-0.4, -0.2) is 44.3 Å². The summed E-state index contributed by atoms with van der Waals surface area (Å²) in [4.78, 5) is 11.0. The van der Waals surface area contributed by atoms with E-state index in [-0.39, 0.29) is 0 Å². The molecule has 1 aromatic rings. The van der Waals surface area contributed by atoms with Gasteiger partial charge in [0.05, 0.1) is 12.9 Å². The van der Waals surface area contributed by atoms with Gasteiger partial charge in [0.2, 0.25) is 5.95 Å². The topological polar surface area (TPSA) is 72.4 Å². The van der Waals surface area contributed by atoms with Crippen LogP contribution in [0, 0.1) is 17.8 Å². The van der Waals surface area contributed by atoms with Gasteiger partial charge in [0.25, 0.3) is 10.1 Å². The van der Waals surface area contributed by atoms with Crippen molar-refractivity contribution in [2.75, 3.05) is 30.9 Å². The molecule has 0 N–H and O–H groups in total. The maximum atomic E-state index is 11.0. The lowest BCUT2D eigenvalue weighted by atomic mass is 10.2. The number of hydrogen-bond acceptors (Lipinski definition) is 6. The number of anilines is 1. The molecule has 2 fully saturated rings. The van der Waals surface area contributed by atoms with E-state index in [0.717, 1.165) is 38.1 Å². The SMILES string of the molecule is CCCc1cnc(N2CC3C(COS(C)(=O)=O)C3C2)nc1. The van der Waals surface area contributed by atoms with E-state index in [2.05, 4.69) is 21.8 Å². The molecule has 0 amide bonds. The Hall–Kier alpha value is -1.21. The molecule has 116 valence electrons. The molecule has 6 nitrogen and oxygen atoms in total. The van der Waals surface area contributed by atoms with Crippen LogP contribution in [0.15, 0.2) is 12.4 Å². The maximum Gasteiger partial charge on any atom is 0.264 e. The molecule has 0 radical (unpaired) electrons. The van der Waals surface area contributed by atoms with Crippen molar-refractivity contribution in [2.24, 2.45) is 17.8 Å². The quantitative estimate of drug-likeness (QED) is 0.732. The van der Waals surface area contributed by atoms with E-state index in [9.17, 15) is 8.42 Å². The van der Waals surface area contributed by atoms with Gasteiger partial charge in [-0.15, -0.1) is 0 Å². The van der Waals surface area contributed by atoms with Crippen LogP contribution < -0.4 is 4.90 Å².